The summed E-state index contributed by atoms with van der Waals surface area (Å²) in [6.45, 7) is 6.65. The molecular formula is C16H23N5OS. The summed E-state index contributed by atoms with van der Waals surface area (Å²) in [6.07, 6.45) is 0.892. The van der Waals surface area contributed by atoms with Crippen LogP contribution in [0.2, 0.25) is 0 Å². The smallest absolute Gasteiger partial charge is 0.194 e. The number of thiophene rings is 1. The van der Waals surface area contributed by atoms with E-state index in [1.54, 1.807) is 11.3 Å². The molecule has 3 heterocycles. The van der Waals surface area contributed by atoms with Crippen molar-refractivity contribution in [2.75, 3.05) is 38.1 Å². The molecule has 0 saturated carbocycles. The Balaban J connectivity index is 1.51. The standard InChI is InChI=1S/C16H23N5OS/c1-3-13-11-14(22-19-13)12-18-16(17-2)21-8-6-20(7-9-21)15-5-4-10-23-15/h4-5,10-11H,3,6-9,12H2,1-2H3,(H,17,18). The van der Waals surface area contributed by atoms with Crippen molar-refractivity contribution in [2.45, 2.75) is 19.9 Å². The van der Waals surface area contributed by atoms with Crippen molar-refractivity contribution < 1.29 is 4.52 Å². The number of piperazine rings is 1. The molecule has 1 fully saturated rings. The molecule has 3 rings (SSSR count). The predicted octanol–water partition coefficient (Wildman–Crippen LogP) is 2.20. The summed E-state index contributed by atoms with van der Waals surface area (Å²) in [6, 6.07) is 6.28. The molecule has 1 N–H and O–H groups in total. The lowest BCUT2D eigenvalue weighted by Gasteiger charge is -2.36. The summed E-state index contributed by atoms with van der Waals surface area (Å²) >= 11 is 1.80. The molecule has 0 unspecified atom stereocenters. The minimum absolute atomic E-state index is 0.616. The van der Waals surface area contributed by atoms with Crippen LogP contribution < -0.4 is 10.2 Å². The number of aromatic nitrogens is 1. The number of nitrogens with zero attached hydrogens (tertiary/aromatic N) is 4. The summed E-state index contributed by atoms with van der Waals surface area (Å²) < 4.78 is 5.31. The lowest BCUT2D eigenvalue weighted by Crippen LogP contribution is -2.52. The quantitative estimate of drug-likeness (QED) is 0.687. The highest BCUT2D eigenvalue weighted by atomic mass is 32.1. The molecule has 0 aromatic carbocycles. The Morgan fingerprint density at radius 3 is 2.83 bits per heavy atom. The van der Waals surface area contributed by atoms with E-state index in [0.29, 0.717) is 6.54 Å². The second-order valence-electron chi connectivity index (χ2n) is 5.46. The molecule has 6 nitrogen and oxygen atoms in total. The van der Waals surface area contributed by atoms with Gasteiger partial charge in [0.2, 0.25) is 0 Å². The molecule has 0 spiro atoms. The minimum Gasteiger partial charge on any atom is -0.360 e. The van der Waals surface area contributed by atoms with E-state index >= 15 is 0 Å². The number of nitrogens with one attached hydrogen (secondary N) is 1. The molecule has 124 valence electrons. The zero-order valence-electron chi connectivity index (χ0n) is 13.7. The number of anilines is 1. The first-order valence-electron chi connectivity index (χ1n) is 7.98. The zero-order chi connectivity index (χ0) is 16.1. The Hall–Kier alpha value is -2.02. The van der Waals surface area contributed by atoms with Crippen LogP contribution >= 0.6 is 11.3 Å². The van der Waals surface area contributed by atoms with Crippen LogP contribution in [0.4, 0.5) is 5.00 Å². The van der Waals surface area contributed by atoms with Gasteiger partial charge in [-0.2, -0.15) is 0 Å². The van der Waals surface area contributed by atoms with E-state index < -0.39 is 0 Å². The van der Waals surface area contributed by atoms with Crippen LogP contribution in [0.3, 0.4) is 0 Å². The van der Waals surface area contributed by atoms with Gasteiger partial charge in [-0.15, -0.1) is 11.3 Å². The largest absolute Gasteiger partial charge is 0.360 e. The molecule has 1 aliphatic heterocycles. The topological polar surface area (TPSA) is 56.9 Å². The molecule has 0 radical (unpaired) electrons. The van der Waals surface area contributed by atoms with Crippen molar-refractivity contribution in [3.05, 3.63) is 35.0 Å². The van der Waals surface area contributed by atoms with Crippen molar-refractivity contribution in [1.82, 2.24) is 15.4 Å². The molecule has 0 amide bonds. The third-order valence-corrected chi connectivity index (χ3v) is 4.93. The van der Waals surface area contributed by atoms with Gasteiger partial charge in [-0.05, 0) is 23.9 Å². The van der Waals surface area contributed by atoms with Crippen LogP contribution in [0.15, 0.2) is 33.1 Å². The number of hydrogen-bond acceptors (Lipinski definition) is 5. The van der Waals surface area contributed by atoms with Crippen LogP contribution in [0.1, 0.15) is 18.4 Å². The lowest BCUT2D eigenvalue weighted by atomic mass is 10.3. The van der Waals surface area contributed by atoms with Gasteiger partial charge in [0.05, 0.1) is 17.2 Å². The van der Waals surface area contributed by atoms with E-state index in [-0.39, 0.29) is 0 Å². The van der Waals surface area contributed by atoms with Gasteiger partial charge in [-0.25, -0.2) is 0 Å². The summed E-state index contributed by atoms with van der Waals surface area (Å²) in [7, 11) is 1.83. The van der Waals surface area contributed by atoms with Gasteiger partial charge >= 0.3 is 0 Å². The van der Waals surface area contributed by atoms with Gasteiger partial charge in [0.25, 0.3) is 0 Å². The fourth-order valence-electron chi connectivity index (χ4n) is 2.69. The molecular weight excluding hydrogens is 310 g/mol. The van der Waals surface area contributed by atoms with E-state index in [9.17, 15) is 0 Å². The van der Waals surface area contributed by atoms with E-state index in [1.165, 1.54) is 5.00 Å². The molecule has 7 heteroatoms. The number of hydrogen-bond donors (Lipinski definition) is 1. The highest BCUT2D eigenvalue weighted by Crippen LogP contribution is 2.22. The maximum Gasteiger partial charge on any atom is 0.194 e. The fraction of sp³-hybridized carbons (Fsp3) is 0.500. The molecule has 23 heavy (non-hydrogen) atoms. The van der Waals surface area contributed by atoms with E-state index in [0.717, 1.165) is 50.0 Å². The average molecular weight is 333 g/mol. The van der Waals surface area contributed by atoms with Gasteiger partial charge in [-0.1, -0.05) is 12.1 Å². The van der Waals surface area contributed by atoms with Gasteiger partial charge in [0, 0.05) is 39.3 Å². The minimum atomic E-state index is 0.616. The molecule has 1 aliphatic rings. The third kappa shape index (κ3) is 3.85. The van der Waals surface area contributed by atoms with E-state index in [2.05, 4.69) is 49.7 Å². The monoisotopic (exact) mass is 333 g/mol. The average Bonchev–Trinajstić information content (AvgIpc) is 3.28. The molecule has 2 aromatic heterocycles. The fourth-order valence-corrected chi connectivity index (χ4v) is 3.48. The van der Waals surface area contributed by atoms with Crippen molar-refractivity contribution in [1.29, 1.82) is 0 Å². The van der Waals surface area contributed by atoms with Crippen molar-refractivity contribution >= 4 is 22.3 Å². The predicted molar refractivity (Wildman–Crippen MR) is 94.2 cm³/mol. The lowest BCUT2D eigenvalue weighted by molar-refractivity contribution is 0.356. The van der Waals surface area contributed by atoms with Crippen molar-refractivity contribution in [2.24, 2.45) is 4.99 Å². The molecule has 0 bridgehead atoms. The number of guanidine groups is 1. The first kappa shape index (κ1) is 15.9. The first-order chi connectivity index (χ1) is 11.3. The van der Waals surface area contributed by atoms with Gasteiger partial charge < -0.3 is 19.6 Å². The molecule has 2 aromatic rings. The Kier molecular flexibility index (Phi) is 5.17. The number of aryl methyl sites for hydroxylation is 1. The van der Waals surface area contributed by atoms with Gasteiger partial charge in [0.15, 0.2) is 11.7 Å². The van der Waals surface area contributed by atoms with Crippen LogP contribution in [0, 0.1) is 0 Å². The number of aliphatic imine (C=N–C) groups is 1. The van der Waals surface area contributed by atoms with E-state index in [1.807, 2.05) is 13.1 Å². The summed E-state index contributed by atoms with van der Waals surface area (Å²) in [5.74, 6) is 1.77. The summed E-state index contributed by atoms with van der Waals surface area (Å²) in [4.78, 5) is 9.12. The highest BCUT2D eigenvalue weighted by Gasteiger charge is 2.20. The van der Waals surface area contributed by atoms with E-state index in [4.69, 9.17) is 4.52 Å². The molecule has 1 saturated heterocycles. The van der Waals surface area contributed by atoms with Crippen LogP contribution in [-0.2, 0) is 13.0 Å². The second kappa shape index (κ2) is 7.50. The van der Waals surface area contributed by atoms with Crippen molar-refractivity contribution in [3.63, 3.8) is 0 Å². The first-order valence-corrected chi connectivity index (χ1v) is 8.86. The summed E-state index contributed by atoms with van der Waals surface area (Å²) in [5.41, 5.74) is 0.987. The van der Waals surface area contributed by atoms with Crippen LogP contribution in [0.25, 0.3) is 0 Å². The zero-order valence-corrected chi connectivity index (χ0v) is 14.5. The van der Waals surface area contributed by atoms with Crippen molar-refractivity contribution in [3.8, 4) is 0 Å². The maximum absolute atomic E-state index is 5.31. The number of rotatable bonds is 4. The van der Waals surface area contributed by atoms with Gasteiger partial charge in [-0.3, -0.25) is 4.99 Å². The Morgan fingerprint density at radius 1 is 1.39 bits per heavy atom. The van der Waals surface area contributed by atoms with Crippen LogP contribution in [-0.4, -0.2) is 49.2 Å². The SMILES string of the molecule is CCc1cc(CNC(=NC)N2CCN(c3cccs3)CC2)on1. The third-order valence-electron chi connectivity index (χ3n) is 4.00. The molecule has 0 aliphatic carbocycles. The normalized spacial score (nSPS) is 16.0. The van der Waals surface area contributed by atoms with Gasteiger partial charge in [0.1, 0.15) is 0 Å². The Morgan fingerprint density at radius 2 is 2.22 bits per heavy atom. The second-order valence-corrected chi connectivity index (χ2v) is 6.39. The Labute approximate surface area is 140 Å². The molecule has 0 atom stereocenters. The van der Waals surface area contributed by atoms with Crippen LogP contribution in [0.5, 0.6) is 0 Å². The summed E-state index contributed by atoms with van der Waals surface area (Å²) in [5, 5.41) is 10.9. The highest BCUT2D eigenvalue weighted by molar-refractivity contribution is 7.14. The maximum atomic E-state index is 5.31. The Bertz CT molecular complexity index is 629.